The molecule has 2 aromatic rings. The second-order valence-corrected chi connectivity index (χ2v) is 6.03. The standard InChI is InChI=1S/C14H21N5O/c1-9-7-10-12(16-8-9)19(13(15)17-10)6-5-11(20)18-14(2,3)4/h7-8H,5-6H2,1-4H3,(H2,15,17)(H,18,20). The van der Waals surface area contributed by atoms with Gasteiger partial charge in [-0.05, 0) is 39.3 Å². The number of pyridine rings is 1. The van der Waals surface area contributed by atoms with Crippen molar-refractivity contribution in [3.05, 3.63) is 17.8 Å². The van der Waals surface area contributed by atoms with Crippen LogP contribution in [0.25, 0.3) is 11.2 Å². The van der Waals surface area contributed by atoms with E-state index in [2.05, 4.69) is 15.3 Å². The number of aryl methyl sites for hydroxylation is 2. The maximum absolute atomic E-state index is 11.8. The highest BCUT2D eigenvalue weighted by Gasteiger charge is 2.15. The molecule has 3 N–H and O–H groups in total. The molecule has 0 spiro atoms. The highest BCUT2D eigenvalue weighted by molar-refractivity contribution is 5.78. The number of hydrogen-bond acceptors (Lipinski definition) is 4. The van der Waals surface area contributed by atoms with E-state index in [1.165, 1.54) is 0 Å². The van der Waals surface area contributed by atoms with Crippen molar-refractivity contribution in [2.75, 3.05) is 5.73 Å². The summed E-state index contributed by atoms with van der Waals surface area (Å²) in [5, 5.41) is 2.92. The first-order chi connectivity index (χ1) is 9.26. The number of fused-ring (bicyclic) bond motifs is 1. The van der Waals surface area contributed by atoms with E-state index >= 15 is 0 Å². The number of nitrogens with one attached hydrogen (secondary N) is 1. The van der Waals surface area contributed by atoms with Gasteiger partial charge in [0, 0.05) is 24.7 Å². The van der Waals surface area contributed by atoms with Gasteiger partial charge in [-0.1, -0.05) is 0 Å². The molecular formula is C14H21N5O. The number of carbonyl (C=O) groups is 1. The van der Waals surface area contributed by atoms with Crippen LogP contribution < -0.4 is 11.1 Å². The van der Waals surface area contributed by atoms with Gasteiger partial charge in [0.25, 0.3) is 0 Å². The topological polar surface area (TPSA) is 85.8 Å². The lowest BCUT2D eigenvalue weighted by Crippen LogP contribution is -2.40. The van der Waals surface area contributed by atoms with Crippen LogP contribution in [0.3, 0.4) is 0 Å². The van der Waals surface area contributed by atoms with E-state index in [0.717, 1.165) is 16.7 Å². The van der Waals surface area contributed by atoms with Gasteiger partial charge in [-0.15, -0.1) is 0 Å². The summed E-state index contributed by atoms with van der Waals surface area (Å²) in [5.74, 6) is 0.382. The van der Waals surface area contributed by atoms with Gasteiger partial charge in [0.1, 0.15) is 5.52 Å². The van der Waals surface area contributed by atoms with Crippen molar-refractivity contribution >= 4 is 23.0 Å². The average molecular weight is 275 g/mol. The van der Waals surface area contributed by atoms with Crippen molar-refractivity contribution < 1.29 is 4.79 Å². The van der Waals surface area contributed by atoms with Gasteiger partial charge < -0.3 is 11.1 Å². The van der Waals surface area contributed by atoms with Crippen LogP contribution in [0, 0.1) is 6.92 Å². The number of nitrogen functional groups attached to an aromatic ring is 1. The minimum absolute atomic E-state index is 0.00846. The quantitative estimate of drug-likeness (QED) is 0.891. The SMILES string of the molecule is Cc1cnc2c(c1)nc(N)n2CCC(=O)NC(C)(C)C. The van der Waals surface area contributed by atoms with Gasteiger partial charge in [-0.2, -0.15) is 0 Å². The third-order valence-corrected chi connectivity index (χ3v) is 2.83. The molecule has 0 aliphatic heterocycles. The molecule has 2 heterocycles. The molecule has 0 radical (unpaired) electrons. The molecule has 6 heteroatoms. The summed E-state index contributed by atoms with van der Waals surface area (Å²) in [4.78, 5) is 20.5. The Hall–Kier alpha value is -2.11. The Bertz CT molecular complexity index is 639. The second-order valence-electron chi connectivity index (χ2n) is 6.03. The fraction of sp³-hybridized carbons (Fsp3) is 0.500. The van der Waals surface area contributed by atoms with Gasteiger partial charge in [-0.3, -0.25) is 9.36 Å². The molecule has 1 amide bonds. The number of aromatic nitrogens is 3. The first kappa shape index (κ1) is 14.3. The third kappa shape index (κ3) is 3.26. The van der Waals surface area contributed by atoms with Crippen molar-refractivity contribution in [3.8, 4) is 0 Å². The van der Waals surface area contributed by atoms with Crippen LogP contribution in [0.4, 0.5) is 5.95 Å². The van der Waals surface area contributed by atoms with Crippen LogP contribution in [0.5, 0.6) is 0 Å². The Morgan fingerprint density at radius 1 is 1.45 bits per heavy atom. The summed E-state index contributed by atoms with van der Waals surface area (Å²) in [6.07, 6.45) is 2.12. The molecule has 0 aliphatic carbocycles. The van der Waals surface area contributed by atoms with E-state index in [4.69, 9.17) is 5.73 Å². The van der Waals surface area contributed by atoms with Crippen LogP contribution >= 0.6 is 0 Å². The molecule has 0 fully saturated rings. The first-order valence-corrected chi connectivity index (χ1v) is 6.65. The number of imidazole rings is 1. The van der Waals surface area contributed by atoms with E-state index in [-0.39, 0.29) is 11.4 Å². The highest BCUT2D eigenvalue weighted by Crippen LogP contribution is 2.17. The summed E-state index contributed by atoms with van der Waals surface area (Å²) in [6.45, 7) is 8.29. The minimum atomic E-state index is -0.227. The minimum Gasteiger partial charge on any atom is -0.369 e. The lowest BCUT2D eigenvalue weighted by atomic mass is 10.1. The van der Waals surface area contributed by atoms with E-state index in [1.807, 2.05) is 33.8 Å². The highest BCUT2D eigenvalue weighted by atomic mass is 16.1. The molecule has 2 rings (SSSR count). The Labute approximate surface area is 118 Å². The van der Waals surface area contributed by atoms with E-state index in [0.29, 0.717) is 18.9 Å². The van der Waals surface area contributed by atoms with E-state index in [9.17, 15) is 4.79 Å². The summed E-state index contributed by atoms with van der Waals surface area (Å²) < 4.78 is 1.77. The summed E-state index contributed by atoms with van der Waals surface area (Å²) in [6, 6.07) is 1.93. The molecule has 0 saturated carbocycles. The molecule has 0 saturated heterocycles. The van der Waals surface area contributed by atoms with Crippen LogP contribution in [0.1, 0.15) is 32.8 Å². The molecule has 108 valence electrons. The van der Waals surface area contributed by atoms with Crippen molar-refractivity contribution in [3.63, 3.8) is 0 Å². The fourth-order valence-corrected chi connectivity index (χ4v) is 2.04. The molecule has 0 bridgehead atoms. The first-order valence-electron chi connectivity index (χ1n) is 6.65. The third-order valence-electron chi connectivity index (χ3n) is 2.83. The van der Waals surface area contributed by atoms with Crippen LogP contribution in [-0.2, 0) is 11.3 Å². The van der Waals surface area contributed by atoms with E-state index in [1.54, 1.807) is 10.8 Å². The van der Waals surface area contributed by atoms with Crippen LogP contribution in [-0.4, -0.2) is 26.0 Å². The predicted octanol–water partition coefficient (Wildman–Crippen LogP) is 1.63. The maximum Gasteiger partial charge on any atom is 0.222 e. The normalized spacial score (nSPS) is 11.8. The molecule has 0 unspecified atom stereocenters. The largest absolute Gasteiger partial charge is 0.369 e. The van der Waals surface area contributed by atoms with Crippen molar-refractivity contribution in [1.82, 2.24) is 19.9 Å². The number of anilines is 1. The Kier molecular flexibility index (Phi) is 3.65. The fourth-order valence-electron chi connectivity index (χ4n) is 2.04. The van der Waals surface area contributed by atoms with Gasteiger partial charge in [-0.25, -0.2) is 9.97 Å². The van der Waals surface area contributed by atoms with Crippen LogP contribution in [0.2, 0.25) is 0 Å². The Morgan fingerprint density at radius 2 is 2.15 bits per heavy atom. The van der Waals surface area contributed by atoms with Gasteiger partial charge in [0.05, 0.1) is 0 Å². The molecule has 0 atom stereocenters. The van der Waals surface area contributed by atoms with Gasteiger partial charge >= 0.3 is 0 Å². The summed E-state index contributed by atoms with van der Waals surface area (Å²) >= 11 is 0. The Balaban J connectivity index is 2.14. The Morgan fingerprint density at radius 3 is 2.80 bits per heavy atom. The van der Waals surface area contributed by atoms with E-state index < -0.39 is 0 Å². The molecule has 0 aliphatic rings. The predicted molar refractivity (Wildman–Crippen MR) is 79.2 cm³/mol. The van der Waals surface area contributed by atoms with Crippen LogP contribution in [0.15, 0.2) is 12.3 Å². The zero-order chi connectivity index (χ0) is 14.9. The zero-order valence-electron chi connectivity index (χ0n) is 12.4. The summed E-state index contributed by atoms with van der Waals surface area (Å²) in [7, 11) is 0. The zero-order valence-corrected chi connectivity index (χ0v) is 12.4. The molecule has 2 aromatic heterocycles. The smallest absolute Gasteiger partial charge is 0.222 e. The number of carbonyl (C=O) groups excluding carboxylic acids is 1. The van der Waals surface area contributed by atoms with Crippen molar-refractivity contribution in [2.24, 2.45) is 0 Å². The number of hydrogen-bond donors (Lipinski definition) is 2. The maximum atomic E-state index is 11.8. The second kappa shape index (κ2) is 5.11. The summed E-state index contributed by atoms with van der Waals surface area (Å²) in [5.41, 5.74) is 8.19. The number of amides is 1. The van der Waals surface area contributed by atoms with Crippen molar-refractivity contribution in [2.45, 2.75) is 46.2 Å². The van der Waals surface area contributed by atoms with Gasteiger partial charge in [0.2, 0.25) is 11.9 Å². The average Bonchev–Trinajstić information content (AvgIpc) is 2.59. The number of rotatable bonds is 3. The molecule has 20 heavy (non-hydrogen) atoms. The van der Waals surface area contributed by atoms with Gasteiger partial charge in [0.15, 0.2) is 5.65 Å². The number of nitrogens with two attached hydrogens (primary N) is 1. The lowest BCUT2D eigenvalue weighted by molar-refractivity contribution is -0.122. The number of nitrogens with zero attached hydrogens (tertiary/aromatic N) is 3. The molecular weight excluding hydrogens is 254 g/mol. The molecule has 0 aromatic carbocycles. The lowest BCUT2D eigenvalue weighted by Gasteiger charge is -2.20. The molecule has 6 nitrogen and oxygen atoms in total. The monoisotopic (exact) mass is 275 g/mol. The van der Waals surface area contributed by atoms with Crippen molar-refractivity contribution in [1.29, 1.82) is 0 Å².